The maximum atomic E-state index is 7.78. The SMILES string of the molecule is [2H]C1(N)N=C(c2ccc(C)o2)n2nccc2N1. The van der Waals surface area contributed by atoms with Crippen molar-refractivity contribution in [1.82, 2.24) is 9.78 Å². The minimum absolute atomic E-state index is 0.425. The Morgan fingerprint density at radius 3 is 3.19 bits per heavy atom. The lowest BCUT2D eigenvalue weighted by molar-refractivity contribution is 0.519. The summed E-state index contributed by atoms with van der Waals surface area (Å²) in [4.78, 5) is 4.07. The van der Waals surface area contributed by atoms with Gasteiger partial charge in [-0.3, -0.25) is 5.73 Å². The van der Waals surface area contributed by atoms with Crippen molar-refractivity contribution in [1.29, 1.82) is 0 Å². The molecule has 0 amide bonds. The molecule has 0 fully saturated rings. The number of rotatable bonds is 1. The van der Waals surface area contributed by atoms with Crippen LogP contribution in [0.4, 0.5) is 5.82 Å². The van der Waals surface area contributed by atoms with Gasteiger partial charge in [0, 0.05) is 6.07 Å². The van der Waals surface area contributed by atoms with Crippen LogP contribution in [0.2, 0.25) is 0 Å². The average molecular weight is 218 g/mol. The first-order valence-electron chi connectivity index (χ1n) is 5.33. The number of aliphatic imine (C=N–C) groups is 1. The number of aryl methyl sites for hydroxylation is 1. The van der Waals surface area contributed by atoms with Crippen molar-refractivity contribution in [2.24, 2.45) is 10.7 Å². The molecule has 2 aromatic heterocycles. The summed E-state index contributed by atoms with van der Waals surface area (Å²) in [5.74, 6) is 2.34. The zero-order valence-electron chi connectivity index (χ0n) is 9.64. The van der Waals surface area contributed by atoms with E-state index in [1.54, 1.807) is 23.0 Å². The number of furan rings is 1. The van der Waals surface area contributed by atoms with Gasteiger partial charge in [0.25, 0.3) is 0 Å². The van der Waals surface area contributed by atoms with E-state index in [1.165, 1.54) is 0 Å². The zero-order valence-corrected chi connectivity index (χ0v) is 8.64. The van der Waals surface area contributed by atoms with Crippen molar-refractivity contribution in [2.45, 2.75) is 13.2 Å². The zero-order chi connectivity index (χ0) is 12.0. The summed E-state index contributed by atoms with van der Waals surface area (Å²) in [6.45, 7) is 1.84. The van der Waals surface area contributed by atoms with Crippen molar-refractivity contribution >= 4 is 11.7 Å². The van der Waals surface area contributed by atoms with Gasteiger partial charge in [0.1, 0.15) is 11.6 Å². The first-order valence-corrected chi connectivity index (χ1v) is 4.83. The molecule has 1 unspecified atom stereocenters. The van der Waals surface area contributed by atoms with Crippen molar-refractivity contribution in [2.75, 3.05) is 5.32 Å². The van der Waals surface area contributed by atoms with Crippen LogP contribution in [-0.2, 0) is 0 Å². The first-order chi connectivity index (χ1) is 8.05. The van der Waals surface area contributed by atoms with Gasteiger partial charge in [0.15, 0.2) is 17.9 Å². The average Bonchev–Trinajstić information content (AvgIpc) is 2.83. The number of hydrogen-bond acceptors (Lipinski definition) is 5. The van der Waals surface area contributed by atoms with Crippen LogP contribution in [0.5, 0.6) is 0 Å². The number of aromatic nitrogens is 2. The van der Waals surface area contributed by atoms with E-state index in [0.29, 0.717) is 17.4 Å². The molecule has 82 valence electrons. The monoisotopic (exact) mass is 218 g/mol. The summed E-state index contributed by atoms with van der Waals surface area (Å²) in [5, 5.41) is 6.85. The van der Waals surface area contributed by atoms with E-state index in [0.717, 1.165) is 5.76 Å². The lowest BCUT2D eigenvalue weighted by Crippen LogP contribution is -2.36. The highest BCUT2D eigenvalue weighted by molar-refractivity contribution is 6.00. The van der Waals surface area contributed by atoms with Crippen LogP contribution in [0.25, 0.3) is 0 Å². The molecular formula is C10H11N5O. The highest BCUT2D eigenvalue weighted by Gasteiger charge is 2.21. The maximum absolute atomic E-state index is 7.78. The first kappa shape index (κ1) is 8.12. The van der Waals surface area contributed by atoms with Crippen LogP contribution in [0.3, 0.4) is 0 Å². The lowest BCUT2D eigenvalue weighted by Gasteiger charge is -2.19. The minimum atomic E-state index is -1.61. The van der Waals surface area contributed by atoms with Gasteiger partial charge in [-0.15, -0.1) is 0 Å². The molecule has 6 heteroatoms. The third-order valence-electron chi connectivity index (χ3n) is 2.29. The van der Waals surface area contributed by atoms with E-state index in [2.05, 4.69) is 15.4 Å². The van der Waals surface area contributed by atoms with Crippen LogP contribution < -0.4 is 11.1 Å². The molecule has 0 radical (unpaired) electrons. The Bertz CT molecular complexity index is 597. The Balaban J connectivity index is 2.17. The van der Waals surface area contributed by atoms with E-state index in [1.807, 2.05) is 13.0 Å². The fourth-order valence-corrected chi connectivity index (χ4v) is 1.60. The molecule has 1 atom stereocenters. The maximum Gasteiger partial charge on any atom is 0.197 e. The largest absolute Gasteiger partial charge is 0.458 e. The van der Waals surface area contributed by atoms with Crippen molar-refractivity contribution in [3.8, 4) is 0 Å². The number of nitrogens with two attached hydrogens (primary N) is 1. The van der Waals surface area contributed by atoms with E-state index in [4.69, 9.17) is 11.5 Å². The Labute approximate surface area is 93.2 Å². The van der Waals surface area contributed by atoms with Gasteiger partial charge < -0.3 is 9.73 Å². The predicted octanol–water partition coefficient (Wildman–Crippen LogP) is 0.747. The van der Waals surface area contributed by atoms with Crippen LogP contribution in [-0.4, -0.2) is 21.9 Å². The number of fused-ring (bicyclic) bond motifs is 1. The highest BCUT2D eigenvalue weighted by atomic mass is 16.3. The Morgan fingerprint density at radius 2 is 2.44 bits per heavy atom. The van der Waals surface area contributed by atoms with E-state index < -0.39 is 6.27 Å². The topological polar surface area (TPSA) is 81.4 Å². The van der Waals surface area contributed by atoms with Crippen molar-refractivity contribution in [3.63, 3.8) is 0 Å². The second-order valence-corrected chi connectivity index (χ2v) is 3.48. The molecule has 1 aliphatic heterocycles. The molecule has 16 heavy (non-hydrogen) atoms. The highest BCUT2D eigenvalue weighted by Crippen LogP contribution is 2.17. The third kappa shape index (κ3) is 1.31. The Kier molecular flexibility index (Phi) is 1.63. The van der Waals surface area contributed by atoms with Gasteiger partial charge in [0.05, 0.1) is 7.57 Å². The molecule has 0 aliphatic carbocycles. The minimum Gasteiger partial charge on any atom is -0.458 e. The van der Waals surface area contributed by atoms with E-state index >= 15 is 0 Å². The van der Waals surface area contributed by atoms with Crippen molar-refractivity contribution < 1.29 is 5.79 Å². The molecule has 0 spiro atoms. The van der Waals surface area contributed by atoms with Gasteiger partial charge in [-0.2, -0.15) is 9.78 Å². The summed E-state index contributed by atoms with van der Waals surface area (Å²) in [7, 11) is 0. The Hall–Kier alpha value is -2.08. The van der Waals surface area contributed by atoms with Crippen LogP contribution in [0.15, 0.2) is 33.8 Å². The molecule has 3 rings (SSSR count). The van der Waals surface area contributed by atoms with Gasteiger partial charge in [-0.05, 0) is 19.1 Å². The van der Waals surface area contributed by atoms with E-state index in [9.17, 15) is 0 Å². The molecule has 0 saturated carbocycles. The molecule has 2 aromatic rings. The molecular weight excluding hydrogens is 206 g/mol. The quantitative estimate of drug-likeness (QED) is 0.740. The van der Waals surface area contributed by atoms with Gasteiger partial charge >= 0.3 is 0 Å². The summed E-state index contributed by atoms with van der Waals surface area (Å²) in [5.41, 5.74) is 5.67. The normalized spacial score (nSPS) is 24.4. The molecule has 1 aliphatic rings. The molecule has 6 nitrogen and oxygen atoms in total. The lowest BCUT2D eigenvalue weighted by atomic mass is 10.4. The number of nitrogens with zero attached hydrogens (tertiary/aromatic N) is 3. The van der Waals surface area contributed by atoms with Gasteiger partial charge in [-0.1, -0.05) is 0 Å². The summed E-state index contributed by atoms with van der Waals surface area (Å²) in [6.07, 6.45) is 0.00110. The summed E-state index contributed by atoms with van der Waals surface area (Å²) in [6, 6.07) is 5.33. The molecule has 0 aromatic carbocycles. The number of anilines is 1. The van der Waals surface area contributed by atoms with Crippen LogP contribution in [0, 0.1) is 6.92 Å². The smallest absolute Gasteiger partial charge is 0.197 e. The van der Waals surface area contributed by atoms with Gasteiger partial charge in [0.2, 0.25) is 0 Å². The second kappa shape index (κ2) is 3.21. The fraction of sp³-hybridized carbons (Fsp3) is 0.200. The summed E-state index contributed by atoms with van der Waals surface area (Å²) >= 11 is 0. The van der Waals surface area contributed by atoms with Crippen molar-refractivity contribution in [3.05, 3.63) is 35.9 Å². The van der Waals surface area contributed by atoms with Gasteiger partial charge in [-0.25, -0.2) is 4.99 Å². The molecule has 3 heterocycles. The molecule has 3 N–H and O–H groups in total. The molecule has 0 saturated heterocycles. The fourth-order valence-electron chi connectivity index (χ4n) is 1.60. The van der Waals surface area contributed by atoms with Crippen LogP contribution in [0.1, 0.15) is 12.9 Å². The predicted molar refractivity (Wildman–Crippen MR) is 59.2 cm³/mol. The third-order valence-corrected chi connectivity index (χ3v) is 2.29. The van der Waals surface area contributed by atoms with Crippen LogP contribution >= 0.6 is 0 Å². The second-order valence-electron chi connectivity index (χ2n) is 3.48. The standard InChI is InChI=1S/C10H11N5O/c1-6-2-3-7(16-6)9-14-10(11)13-8-4-5-12-15(8)9/h2-5,10,13H,11H2,1H3/i10D. The Morgan fingerprint density at radius 1 is 1.56 bits per heavy atom. The summed E-state index contributed by atoms with van der Waals surface area (Å²) < 4.78 is 14.8. The number of nitrogens with one attached hydrogen (secondary N) is 1. The molecule has 0 bridgehead atoms. The number of hydrogen-bond donors (Lipinski definition) is 2. The van der Waals surface area contributed by atoms with E-state index in [-0.39, 0.29) is 0 Å².